The molecule has 13 heteroatoms. The summed E-state index contributed by atoms with van der Waals surface area (Å²) in [5.74, 6) is -0.660. The summed E-state index contributed by atoms with van der Waals surface area (Å²) >= 11 is 6.49. The predicted molar refractivity (Wildman–Crippen MR) is 132 cm³/mol. The molecular weight excluding hydrogens is 533 g/mol. The average Bonchev–Trinajstić information content (AvgIpc) is 3.26. The lowest BCUT2D eigenvalue weighted by molar-refractivity contribution is -0.0502. The Labute approximate surface area is 217 Å². The van der Waals surface area contributed by atoms with E-state index in [4.69, 9.17) is 16.3 Å². The molecule has 0 amide bonds. The Morgan fingerprint density at radius 2 is 1.89 bits per heavy atom. The molecule has 2 aliphatic heterocycles. The highest BCUT2D eigenvalue weighted by molar-refractivity contribution is 7.87. The fourth-order valence-electron chi connectivity index (χ4n) is 4.76. The molecule has 0 spiro atoms. The first-order chi connectivity index (χ1) is 17.5. The van der Waals surface area contributed by atoms with Gasteiger partial charge < -0.3 is 18.7 Å². The summed E-state index contributed by atoms with van der Waals surface area (Å²) < 4.78 is 73.2. The maximum absolute atomic E-state index is 13.1. The molecule has 198 valence electrons. The maximum atomic E-state index is 13.1. The van der Waals surface area contributed by atoms with Gasteiger partial charge in [-0.3, -0.25) is 0 Å². The number of alkyl halides is 3. The molecule has 2 aromatic carbocycles. The number of hydrogen-bond donors (Lipinski definition) is 0. The summed E-state index contributed by atoms with van der Waals surface area (Å²) in [5, 5.41) is 2.33. The molecule has 37 heavy (non-hydrogen) atoms. The second-order valence-electron chi connectivity index (χ2n) is 9.09. The molecule has 0 aliphatic carbocycles. The number of fused-ring (bicyclic) bond motifs is 2. The van der Waals surface area contributed by atoms with E-state index in [0.29, 0.717) is 17.3 Å². The fraction of sp³-hybridized carbons (Fsp3) is 0.417. The summed E-state index contributed by atoms with van der Waals surface area (Å²) in [6.45, 7) is 1.64. The van der Waals surface area contributed by atoms with Gasteiger partial charge in [0.15, 0.2) is 0 Å². The third-order valence-corrected chi connectivity index (χ3v) is 7.99. The van der Waals surface area contributed by atoms with Crippen LogP contribution in [0.15, 0.2) is 36.4 Å². The third-order valence-electron chi connectivity index (χ3n) is 6.73. The molecule has 3 aromatic rings. The number of nitrogens with zero attached hydrogens (tertiary/aromatic N) is 4. The van der Waals surface area contributed by atoms with Crippen molar-refractivity contribution in [3.63, 3.8) is 0 Å². The van der Waals surface area contributed by atoms with Crippen molar-refractivity contribution < 1.29 is 30.5 Å². The molecule has 1 fully saturated rings. The Kier molecular flexibility index (Phi) is 6.84. The Balaban J connectivity index is 1.51. The van der Waals surface area contributed by atoms with E-state index in [1.807, 2.05) is 42.3 Å². The summed E-state index contributed by atoms with van der Waals surface area (Å²) in [6, 6.07) is 11.2. The number of likely N-dealkylation sites (N-methyl/N-ethyl adjacent to an activating group) is 1. The Hall–Kier alpha value is -2.83. The smallest absolute Gasteiger partial charge is 0.462 e. The van der Waals surface area contributed by atoms with Crippen LogP contribution < -0.4 is 13.8 Å². The second kappa shape index (κ2) is 9.80. The zero-order chi connectivity index (χ0) is 26.4. The number of likely N-dealkylation sites (tertiary alicyclic amines) is 1. The molecule has 1 saturated heterocycles. The molecular formula is C24H24ClF3N4O4S. The first-order valence-electron chi connectivity index (χ1n) is 11.7. The average molecular weight is 557 g/mol. The molecule has 1 aromatic heterocycles. The van der Waals surface area contributed by atoms with Gasteiger partial charge in [0.1, 0.15) is 6.61 Å². The highest BCUT2D eigenvalue weighted by Crippen LogP contribution is 2.37. The van der Waals surface area contributed by atoms with Crippen LogP contribution in [0.3, 0.4) is 0 Å². The van der Waals surface area contributed by atoms with Crippen molar-refractivity contribution in [3.05, 3.63) is 52.7 Å². The summed E-state index contributed by atoms with van der Waals surface area (Å²) in [6.07, 6.45) is 2.05. The monoisotopic (exact) mass is 556 g/mol. The van der Waals surface area contributed by atoms with Gasteiger partial charge in [0, 0.05) is 29.2 Å². The predicted octanol–water partition coefficient (Wildman–Crippen LogP) is 4.55. The van der Waals surface area contributed by atoms with E-state index in [9.17, 15) is 21.6 Å². The van der Waals surface area contributed by atoms with E-state index in [2.05, 4.69) is 19.1 Å². The van der Waals surface area contributed by atoms with E-state index in [1.165, 1.54) is 0 Å². The standard InChI is InChI=1S/C24H24ClF3N4O4S/c1-31-11-4-7-16(31)14-35-23-29-19-13-32(20-9-3-6-15-5-2-8-18(25)21(15)20)12-10-17(19)22(30-23)36-37(33,34)24(26,27)28/h2-3,5-6,8-9,16H,4,7,10-14H2,1H3/t16-/m0/s1. The molecule has 2 aliphatic rings. The number of benzene rings is 2. The van der Waals surface area contributed by atoms with Crippen LogP contribution in [0.5, 0.6) is 11.9 Å². The van der Waals surface area contributed by atoms with Crippen molar-refractivity contribution >= 4 is 38.2 Å². The van der Waals surface area contributed by atoms with E-state index in [1.54, 1.807) is 6.07 Å². The van der Waals surface area contributed by atoms with Crippen molar-refractivity contribution in [1.29, 1.82) is 0 Å². The molecule has 0 radical (unpaired) electrons. The van der Waals surface area contributed by atoms with E-state index >= 15 is 0 Å². The lowest BCUT2D eigenvalue weighted by Crippen LogP contribution is -2.34. The first-order valence-corrected chi connectivity index (χ1v) is 13.5. The topological polar surface area (TPSA) is 84.9 Å². The normalized spacial score (nSPS) is 18.7. The number of halogens is 4. The molecule has 0 N–H and O–H groups in total. The Morgan fingerprint density at radius 3 is 2.59 bits per heavy atom. The van der Waals surface area contributed by atoms with E-state index in [-0.39, 0.29) is 37.2 Å². The van der Waals surface area contributed by atoms with Gasteiger partial charge in [0.2, 0.25) is 5.88 Å². The Bertz CT molecular complexity index is 1430. The molecule has 5 rings (SSSR count). The first kappa shape index (κ1) is 25.8. The zero-order valence-corrected chi connectivity index (χ0v) is 21.4. The van der Waals surface area contributed by atoms with Crippen LogP contribution >= 0.6 is 11.6 Å². The third kappa shape index (κ3) is 5.14. The fourth-order valence-corrected chi connectivity index (χ4v) is 5.48. The zero-order valence-electron chi connectivity index (χ0n) is 19.8. The van der Waals surface area contributed by atoms with Crippen LogP contribution in [0.2, 0.25) is 5.02 Å². The van der Waals surface area contributed by atoms with Gasteiger partial charge in [-0.2, -0.15) is 31.6 Å². The van der Waals surface area contributed by atoms with Crippen LogP contribution in [0, 0.1) is 0 Å². The van der Waals surface area contributed by atoms with Crippen LogP contribution in [-0.2, 0) is 23.1 Å². The minimum atomic E-state index is -5.93. The van der Waals surface area contributed by atoms with Gasteiger partial charge in [-0.1, -0.05) is 35.9 Å². The van der Waals surface area contributed by atoms with Crippen LogP contribution in [0.25, 0.3) is 10.8 Å². The summed E-state index contributed by atoms with van der Waals surface area (Å²) in [7, 11) is -3.97. The number of aromatic nitrogens is 2. The largest absolute Gasteiger partial charge is 0.534 e. The quantitative estimate of drug-likeness (QED) is 0.323. The highest BCUT2D eigenvalue weighted by atomic mass is 35.5. The SMILES string of the molecule is CN1CCC[C@H]1COc1nc2c(c(OS(=O)(=O)C(F)(F)F)n1)CCN(c1cccc3cccc(Cl)c13)C2. The number of anilines is 1. The van der Waals surface area contributed by atoms with Gasteiger partial charge in [-0.05, 0) is 50.4 Å². The Morgan fingerprint density at radius 1 is 1.14 bits per heavy atom. The van der Waals surface area contributed by atoms with Crippen molar-refractivity contribution in [3.8, 4) is 11.9 Å². The minimum absolute atomic E-state index is 0.0947. The number of rotatable bonds is 6. The van der Waals surface area contributed by atoms with Crippen molar-refractivity contribution in [1.82, 2.24) is 14.9 Å². The molecule has 8 nitrogen and oxygen atoms in total. The number of hydrogen-bond acceptors (Lipinski definition) is 8. The van der Waals surface area contributed by atoms with E-state index in [0.717, 1.165) is 35.8 Å². The maximum Gasteiger partial charge on any atom is 0.534 e. The van der Waals surface area contributed by atoms with Crippen LogP contribution in [0.4, 0.5) is 18.9 Å². The van der Waals surface area contributed by atoms with Gasteiger partial charge in [-0.15, -0.1) is 0 Å². The van der Waals surface area contributed by atoms with Gasteiger partial charge in [0.05, 0.1) is 17.3 Å². The summed E-state index contributed by atoms with van der Waals surface area (Å²) in [5.41, 5.74) is -4.25. The lowest BCUT2D eigenvalue weighted by Gasteiger charge is -2.31. The van der Waals surface area contributed by atoms with Crippen LogP contribution in [-0.4, -0.2) is 61.6 Å². The highest BCUT2D eigenvalue weighted by Gasteiger charge is 2.49. The lowest BCUT2D eigenvalue weighted by atomic mass is 10.0. The van der Waals surface area contributed by atoms with Gasteiger partial charge in [0.25, 0.3) is 0 Å². The molecule has 3 heterocycles. The van der Waals surface area contributed by atoms with Gasteiger partial charge in [-0.25, -0.2) is 0 Å². The molecule has 0 saturated carbocycles. The molecule has 0 unspecified atom stereocenters. The molecule has 0 bridgehead atoms. The van der Waals surface area contributed by atoms with Crippen molar-refractivity contribution in [2.75, 3.05) is 31.6 Å². The van der Waals surface area contributed by atoms with E-state index < -0.39 is 21.5 Å². The minimum Gasteiger partial charge on any atom is -0.462 e. The van der Waals surface area contributed by atoms with Crippen molar-refractivity contribution in [2.24, 2.45) is 0 Å². The summed E-state index contributed by atoms with van der Waals surface area (Å²) in [4.78, 5) is 12.5. The van der Waals surface area contributed by atoms with Gasteiger partial charge >= 0.3 is 21.6 Å². The second-order valence-corrected chi connectivity index (χ2v) is 11.0. The van der Waals surface area contributed by atoms with Crippen LogP contribution in [0.1, 0.15) is 24.1 Å². The van der Waals surface area contributed by atoms with Crippen molar-refractivity contribution in [2.45, 2.75) is 37.4 Å². The number of ether oxygens (including phenoxy) is 1. The molecule has 1 atom stereocenters.